The Morgan fingerprint density at radius 1 is 1.13 bits per heavy atom. The second-order valence-electron chi connectivity index (χ2n) is 5.22. The number of hydrogen-bond acceptors (Lipinski definition) is 6. The lowest BCUT2D eigenvalue weighted by Crippen LogP contribution is -2.40. The SMILES string of the molecule is COC(=O)c1cccc(S(=O)(=O)N2CCC(C(=O)OC)CC2)c1. The number of benzene rings is 1. The minimum absolute atomic E-state index is 0.0388. The number of hydrogen-bond donors (Lipinski definition) is 0. The molecule has 126 valence electrons. The van der Waals surface area contributed by atoms with Crippen molar-refractivity contribution in [3.8, 4) is 0 Å². The summed E-state index contributed by atoms with van der Waals surface area (Å²) in [5.74, 6) is -1.17. The molecule has 1 aliphatic heterocycles. The molecule has 0 atom stereocenters. The lowest BCUT2D eigenvalue weighted by molar-refractivity contribution is -0.146. The Labute approximate surface area is 135 Å². The average Bonchev–Trinajstić information content (AvgIpc) is 2.60. The number of piperidine rings is 1. The van der Waals surface area contributed by atoms with Crippen molar-refractivity contribution in [3.63, 3.8) is 0 Å². The van der Waals surface area contributed by atoms with Crippen molar-refractivity contribution in [1.82, 2.24) is 4.31 Å². The molecule has 2 rings (SSSR count). The van der Waals surface area contributed by atoms with E-state index in [9.17, 15) is 18.0 Å². The van der Waals surface area contributed by atoms with E-state index < -0.39 is 16.0 Å². The third-order valence-electron chi connectivity index (χ3n) is 3.88. The predicted octanol–water partition coefficient (Wildman–Crippen LogP) is 1.05. The van der Waals surface area contributed by atoms with Crippen LogP contribution in [0.5, 0.6) is 0 Å². The summed E-state index contributed by atoms with van der Waals surface area (Å²) in [7, 11) is -1.15. The van der Waals surface area contributed by atoms with Crippen LogP contribution in [-0.2, 0) is 24.3 Å². The fraction of sp³-hybridized carbons (Fsp3) is 0.467. The predicted molar refractivity (Wildman–Crippen MR) is 81.3 cm³/mol. The number of rotatable bonds is 4. The maximum Gasteiger partial charge on any atom is 0.337 e. The molecule has 1 saturated heterocycles. The minimum Gasteiger partial charge on any atom is -0.469 e. The molecule has 0 aromatic heterocycles. The second kappa shape index (κ2) is 7.10. The van der Waals surface area contributed by atoms with Gasteiger partial charge >= 0.3 is 11.9 Å². The molecular weight excluding hydrogens is 322 g/mol. The number of nitrogens with zero attached hydrogens (tertiary/aromatic N) is 1. The maximum atomic E-state index is 12.7. The number of sulfonamides is 1. The lowest BCUT2D eigenvalue weighted by atomic mass is 9.99. The van der Waals surface area contributed by atoms with Gasteiger partial charge in [-0.2, -0.15) is 4.31 Å². The van der Waals surface area contributed by atoms with Gasteiger partial charge < -0.3 is 9.47 Å². The highest BCUT2D eigenvalue weighted by atomic mass is 32.2. The highest BCUT2D eigenvalue weighted by molar-refractivity contribution is 7.89. The molecule has 0 spiro atoms. The summed E-state index contributed by atoms with van der Waals surface area (Å²) in [4.78, 5) is 23.1. The van der Waals surface area contributed by atoms with Gasteiger partial charge in [0.1, 0.15) is 0 Å². The Bertz CT molecular complexity index is 692. The van der Waals surface area contributed by atoms with E-state index in [0.29, 0.717) is 12.8 Å². The number of methoxy groups -OCH3 is 2. The van der Waals surface area contributed by atoms with Crippen molar-refractivity contribution in [2.75, 3.05) is 27.3 Å². The molecule has 0 unspecified atom stereocenters. The molecule has 1 heterocycles. The second-order valence-corrected chi connectivity index (χ2v) is 7.16. The van der Waals surface area contributed by atoms with Crippen molar-refractivity contribution in [2.24, 2.45) is 5.92 Å². The van der Waals surface area contributed by atoms with Gasteiger partial charge in [-0.1, -0.05) is 6.07 Å². The van der Waals surface area contributed by atoms with Crippen LogP contribution < -0.4 is 0 Å². The lowest BCUT2D eigenvalue weighted by Gasteiger charge is -2.29. The van der Waals surface area contributed by atoms with Gasteiger partial charge in [-0.05, 0) is 31.0 Å². The first-order chi connectivity index (χ1) is 10.9. The van der Waals surface area contributed by atoms with Crippen molar-refractivity contribution >= 4 is 22.0 Å². The normalized spacial score (nSPS) is 16.8. The van der Waals surface area contributed by atoms with Crippen molar-refractivity contribution < 1.29 is 27.5 Å². The van der Waals surface area contributed by atoms with Crippen LogP contribution in [0.1, 0.15) is 23.2 Å². The zero-order valence-electron chi connectivity index (χ0n) is 13.0. The van der Waals surface area contributed by atoms with Crippen LogP contribution in [0.4, 0.5) is 0 Å². The zero-order chi connectivity index (χ0) is 17.0. The molecule has 1 fully saturated rings. The molecule has 23 heavy (non-hydrogen) atoms. The molecule has 0 N–H and O–H groups in total. The first-order valence-corrected chi connectivity index (χ1v) is 8.60. The van der Waals surface area contributed by atoms with Gasteiger partial charge in [-0.25, -0.2) is 13.2 Å². The van der Waals surface area contributed by atoms with E-state index in [2.05, 4.69) is 4.74 Å². The highest BCUT2D eigenvalue weighted by Gasteiger charge is 2.32. The van der Waals surface area contributed by atoms with Gasteiger partial charge in [0, 0.05) is 13.1 Å². The summed E-state index contributed by atoms with van der Waals surface area (Å²) in [6, 6.07) is 5.73. The average molecular weight is 341 g/mol. The van der Waals surface area contributed by atoms with E-state index >= 15 is 0 Å². The number of carbonyl (C=O) groups is 2. The summed E-state index contributed by atoms with van der Waals surface area (Å²) in [6.45, 7) is 0.481. The minimum atomic E-state index is -3.71. The van der Waals surface area contributed by atoms with E-state index in [1.165, 1.54) is 42.8 Å². The third-order valence-corrected chi connectivity index (χ3v) is 5.78. The molecule has 0 bridgehead atoms. The Balaban J connectivity index is 2.17. The van der Waals surface area contributed by atoms with Crippen LogP contribution in [0.3, 0.4) is 0 Å². The molecule has 0 aliphatic carbocycles. The van der Waals surface area contributed by atoms with E-state index in [4.69, 9.17) is 4.74 Å². The van der Waals surface area contributed by atoms with Crippen molar-refractivity contribution in [2.45, 2.75) is 17.7 Å². The van der Waals surface area contributed by atoms with Crippen molar-refractivity contribution in [1.29, 1.82) is 0 Å². The molecule has 1 aromatic rings. The fourth-order valence-electron chi connectivity index (χ4n) is 2.55. The fourth-order valence-corrected chi connectivity index (χ4v) is 4.07. The van der Waals surface area contributed by atoms with Gasteiger partial charge in [0.15, 0.2) is 0 Å². The van der Waals surface area contributed by atoms with Crippen molar-refractivity contribution in [3.05, 3.63) is 29.8 Å². The Kier molecular flexibility index (Phi) is 5.38. The first-order valence-electron chi connectivity index (χ1n) is 7.16. The number of ether oxygens (including phenoxy) is 2. The first kappa shape index (κ1) is 17.4. The smallest absolute Gasteiger partial charge is 0.337 e. The topological polar surface area (TPSA) is 90.0 Å². The Morgan fingerprint density at radius 3 is 2.35 bits per heavy atom. The number of esters is 2. The van der Waals surface area contributed by atoms with Gasteiger partial charge in [0.25, 0.3) is 0 Å². The molecule has 7 nitrogen and oxygen atoms in total. The molecule has 1 aromatic carbocycles. The summed E-state index contributed by atoms with van der Waals surface area (Å²) < 4.78 is 35.9. The van der Waals surface area contributed by atoms with Gasteiger partial charge in [-0.15, -0.1) is 0 Å². The molecule has 1 aliphatic rings. The van der Waals surface area contributed by atoms with Crippen LogP contribution >= 0.6 is 0 Å². The Morgan fingerprint density at radius 2 is 1.78 bits per heavy atom. The summed E-state index contributed by atoms with van der Waals surface area (Å²) in [5.41, 5.74) is 0.179. The molecule has 0 amide bonds. The Hall–Kier alpha value is -1.93. The quantitative estimate of drug-likeness (QED) is 0.760. The van der Waals surface area contributed by atoms with Crippen LogP contribution in [0.25, 0.3) is 0 Å². The monoisotopic (exact) mass is 341 g/mol. The van der Waals surface area contributed by atoms with E-state index in [1.54, 1.807) is 0 Å². The standard InChI is InChI=1S/C15H19NO6S/c1-21-14(17)11-6-8-16(9-7-11)23(19,20)13-5-3-4-12(10-13)15(18)22-2/h3-5,10-11H,6-9H2,1-2H3. The molecule has 8 heteroatoms. The van der Waals surface area contributed by atoms with E-state index in [0.717, 1.165) is 0 Å². The van der Waals surface area contributed by atoms with Gasteiger partial charge in [0.2, 0.25) is 10.0 Å². The maximum absolute atomic E-state index is 12.7. The van der Waals surface area contributed by atoms with E-state index in [1.807, 2.05) is 0 Å². The molecular formula is C15H19NO6S. The van der Waals surface area contributed by atoms with Crippen LogP contribution in [0.15, 0.2) is 29.2 Å². The van der Waals surface area contributed by atoms with Gasteiger partial charge in [-0.3, -0.25) is 4.79 Å². The summed E-state index contributed by atoms with van der Waals surface area (Å²) in [6.07, 6.45) is 0.838. The number of carbonyl (C=O) groups excluding carboxylic acids is 2. The summed E-state index contributed by atoms with van der Waals surface area (Å²) >= 11 is 0. The van der Waals surface area contributed by atoms with E-state index in [-0.39, 0.29) is 35.4 Å². The molecule has 0 radical (unpaired) electrons. The zero-order valence-corrected chi connectivity index (χ0v) is 13.8. The largest absolute Gasteiger partial charge is 0.469 e. The van der Waals surface area contributed by atoms with Crippen LogP contribution in [0, 0.1) is 5.92 Å². The summed E-state index contributed by atoms with van der Waals surface area (Å²) in [5, 5.41) is 0. The van der Waals surface area contributed by atoms with Crippen LogP contribution in [0.2, 0.25) is 0 Å². The molecule has 0 saturated carbocycles. The van der Waals surface area contributed by atoms with Gasteiger partial charge in [0.05, 0.1) is 30.6 Å². The third kappa shape index (κ3) is 3.70. The highest BCUT2D eigenvalue weighted by Crippen LogP contribution is 2.25. The van der Waals surface area contributed by atoms with Crippen LogP contribution in [-0.4, -0.2) is 52.0 Å².